The Morgan fingerprint density at radius 3 is 2.36 bits per heavy atom. The molecule has 2 aromatic carbocycles. The Balaban J connectivity index is 1.35. The zero-order chi connectivity index (χ0) is 23.4. The van der Waals surface area contributed by atoms with E-state index in [2.05, 4.69) is 69.7 Å². The number of hydrogen-bond donors (Lipinski definition) is 2. The number of nitrogens with one attached hydrogen (secondary N) is 2. The second-order valence-electron chi connectivity index (χ2n) is 8.90. The Morgan fingerprint density at radius 2 is 1.73 bits per heavy atom. The van der Waals surface area contributed by atoms with Gasteiger partial charge in [0.15, 0.2) is 0 Å². The molecule has 0 aliphatic carbocycles. The van der Waals surface area contributed by atoms with E-state index in [-0.39, 0.29) is 0 Å². The maximum absolute atomic E-state index is 6.47. The van der Waals surface area contributed by atoms with E-state index in [4.69, 9.17) is 16.3 Å². The SMILES string of the molecule is COc1cc(C)cc(CCc2cnc(Nc3ccc(N4CC(C)NC(C)C4)cc3)nc2)c1Cl. The van der Waals surface area contributed by atoms with Gasteiger partial charge in [-0.1, -0.05) is 17.7 Å². The van der Waals surface area contributed by atoms with Crippen molar-refractivity contribution in [2.24, 2.45) is 0 Å². The minimum atomic E-state index is 0.488. The van der Waals surface area contributed by atoms with Gasteiger partial charge in [-0.15, -0.1) is 0 Å². The summed E-state index contributed by atoms with van der Waals surface area (Å²) in [6.07, 6.45) is 5.35. The Hall–Kier alpha value is -2.83. The second kappa shape index (κ2) is 10.4. The van der Waals surface area contributed by atoms with Crippen LogP contribution in [0.4, 0.5) is 17.3 Å². The number of ether oxygens (including phenoxy) is 1. The summed E-state index contributed by atoms with van der Waals surface area (Å²) < 4.78 is 5.37. The summed E-state index contributed by atoms with van der Waals surface area (Å²) in [7, 11) is 1.64. The van der Waals surface area contributed by atoms with Crippen molar-refractivity contribution in [3.63, 3.8) is 0 Å². The molecule has 33 heavy (non-hydrogen) atoms. The quantitative estimate of drug-likeness (QED) is 0.502. The van der Waals surface area contributed by atoms with Crippen molar-refractivity contribution >= 4 is 28.9 Å². The summed E-state index contributed by atoms with van der Waals surface area (Å²) in [6, 6.07) is 13.5. The zero-order valence-corrected chi connectivity index (χ0v) is 20.5. The van der Waals surface area contributed by atoms with Crippen molar-refractivity contribution in [1.29, 1.82) is 0 Å². The van der Waals surface area contributed by atoms with Crippen molar-refractivity contribution in [1.82, 2.24) is 15.3 Å². The van der Waals surface area contributed by atoms with Gasteiger partial charge in [-0.3, -0.25) is 0 Å². The van der Waals surface area contributed by atoms with Gasteiger partial charge in [-0.25, -0.2) is 9.97 Å². The fraction of sp³-hybridized carbons (Fsp3) is 0.385. The lowest BCUT2D eigenvalue weighted by Gasteiger charge is -2.37. The molecule has 1 aromatic heterocycles. The normalized spacial score (nSPS) is 18.3. The molecule has 1 saturated heterocycles. The number of anilines is 3. The van der Waals surface area contributed by atoms with Gasteiger partial charge in [0, 0.05) is 48.9 Å². The van der Waals surface area contributed by atoms with E-state index in [9.17, 15) is 0 Å². The first-order valence-corrected chi connectivity index (χ1v) is 11.8. The molecular weight excluding hydrogens is 434 g/mol. The van der Waals surface area contributed by atoms with Gasteiger partial charge in [0.25, 0.3) is 0 Å². The Labute approximate surface area is 201 Å². The maximum atomic E-state index is 6.47. The van der Waals surface area contributed by atoms with Crippen LogP contribution in [0, 0.1) is 6.92 Å². The molecule has 0 amide bonds. The summed E-state index contributed by atoms with van der Waals surface area (Å²) in [5.41, 5.74) is 5.48. The number of aromatic nitrogens is 2. The van der Waals surface area contributed by atoms with E-state index in [0.717, 1.165) is 54.1 Å². The number of methoxy groups -OCH3 is 1. The van der Waals surface area contributed by atoms with Gasteiger partial charge in [0.1, 0.15) is 5.75 Å². The van der Waals surface area contributed by atoms with E-state index in [0.29, 0.717) is 23.1 Å². The fourth-order valence-electron chi connectivity index (χ4n) is 4.39. The highest BCUT2D eigenvalue weighted by molar-refractivity contribution is 6.32. The molecule has 2 N–H and O–H groups in total. The number of piperazine rings is 1. The number of nitrogens with zero attached hydrogens (tertiary/aromatic N) is 3. The zero-order valence-electron chi connectivity index (χ0n) is 19.7. The van der Waals surface area contributed by atoms with Crippen LogP contribution >= 0.6 is 11.6 Å². The first-order valence-electron chi connectivity index (χ1n) is 11.4. The monoisotopic (exact) mass is 465 g/mol. The van der Waals surface area contributed by atoms with Crippen LogP contribution in [0.3, 0.4) is 0 Å². The van der Waals surface area contributed by atoms with Crippen LogP contribution in [0.25, 0.3) is 0 Å². The molecule has 6 nitrogen and oxygen atoms in total. The van der Waals surface area contributed by atoms with Crippen molar-refractivity contribution in [2.45, 2.75) is 45.7 Å². The molecule has 2 heterocycles. The van der Waals surface area contributed by atoms with Gasteiger partial charge >= 0.3 is 0 Å². The second-order valence-corrected chi connectivity index (χ2v) is 9.28. The van der Waals surface area contributed by atoms with Gasteiger partial charge < -0.3 is 20.3 Å². The molecule has 0 radical (unpaired) electrons. The smallest absolute Gasteiger partial charge is 0.227 e. The first-order chi connectivity index (χ1) is 15.9. The van der Waals surface area contributed by atoms with Crippen LogP contribution in [-0.4, -0.2) is 42.3 Å². The topological polar surface area (TPSA) is 62.3 Å². The maximum Gasteiger partial charge on any atom is 0.227 e. The molecule has 1 aliphatic rings. The molecule has 7 heteroatoms. The number of aryl methyl sites for hydroxylation is 3. The lowest BCUT2D eigenvalue weighted by Crippen LogP contribution is -2.54. The number of hydrogen-bond acceptors (Lipinski definition) is 6. The third-order valence-electron chi connectivity index (χ3n) is 5.91. The van der Waals surface area contributed by atoms with Crippen LogP contribution in [0.5, 0.6) is 5.75 Å². The van der Waals surface area contributed by atoms with Gasteiger partial charge in [0.2, 0.25) is 5.95 Å². The Morgan fingerprint density at radius 1 is 1.06 bits per heavy atom. The lowest BCUT2D eigenvalue weighted by atomic mass is 10.0. The van der Waals surface area contributed by atoms with Crippen LogP contribution in [0.1, 0.15) is 30.5 Å². The third kappa shape index (κ3) is 5.95. The molecule has 1 aliphatic heterocycles. The highest BCUT2D eigenvalue weighted by Gasteiger charge is 2.20. The predicted molar refractivity (Wildman–Crippen MR) is 136 cm³/mol. The van der Waals surface area contributed by atoms with Crippen molar-refractivity contribution in [2.75, 3.05) is 30.4 Å². The molecule has 0 bridgehead atoms. The van der Waals surface area contributed by atoms with Crippen molar-refractivity contribution in [3.05, 3.63) is 70.5 Å². The van der Waals surface area contributed by atoms with E-state index >= 15 is 0 Å². The number of benzene rings is 2. The van der Waals surface area contributed by atoms with Crippen LogP contribution < -0.4 is 20.3 Å². The first kappa shape index (κ1) is 23.3. The highest BCUT2D eigenvalue weighted by Crippen LogP contribution is 2.30. The number of rotatable bonds is 7. The van der Waals surface area contributed by atoms with Crippen LogP contribution in [0.15, 0.2) is 48.8 Å². The predicted octanol–water partition coefficient (Wildman–Crippen LogP) is 5.16. The fourth-order valence-corrected chi connectivity index (χ4v) is 4.67. The molecule has 2 unspecified atom stereocenters. The average Bonchev–Trinajstić information content (AvgIpc) is 2.80. The minimum Gasteiger partial charge on any atom is -0.495 e. The minimum absolute atomic E-state index is 0.488. The molecule has 3 aromatic rings. The lowest BCUT2D eigenvalue weighted by molar-refractivity contribution is 0.407. The van der Waals surface area contributed by atoms with Gasteiger partial charge in [-0.05, 0) is 80.6 Å². The van der Waals surface area contributed by atoms with Gasteiger partial charge in [0.05, 0.1) is 12.1 Å². The Kier molecular flexibility index (Phi) is 7.36. The van der Waals surface area contributed by atoms with Crippen LogP contribution in [-0.2, 0) is 12.8 Å². The molecule has 2 atom stereocenters. The van der Waals surface area contributed by atoms with E-state index in [1.807, 2.05) is 25.4 Å². The molecule has 1 fully saturated rings. The molecular formula is C26H32ClN5O. The molecule has 0 spiro atoms. The summed E-state index contributed by atoms with van der Waals surface area (Å²) >= 11 is 6.47. The summed E-state index contributed by atoms with van der Waals surface area (Å²) in [4.78, 5) is 11.4. The van der Waals surface area contributed by atoms with E-state index in [1.54, 1.807) is 7.11 Å². The van der Waals surface area contributed by atoms with Gasteiger partial charge in [-0.2, -0.15) is 0 Å². The van der Waals surface area contributed by atoms with Crippen molar-refractivity contribution < 1.29 is 4.74 Å². The molecule has 174 valence electrons. The van der Waals surface area contributed by atoms with Crippen molar-refractivity contribution in [3.8, 4) is 5.75 Å². The highest BCUT2D eigenvalue weighted by atomic mass is 35.5. The summed E-state index contributed by atoms with van der Waals surface area (Å²) in [5.74, 6) is 1.31. The Bertz CT molecular complexity index is 1060. The standard InChI is InChI=1S/C26H32ClN5O/c1-17-11-21(25(27)24(12-17)33-4)6-5-20-13-28-26(29-14-20)31-22-7-9-23(10-8-22)32-15-18(2)30-19(3)16-32/h7-14,18-19,30H,5-6,15-16H2,1-4H3,(H,28,29,31). The van der Waals surface area contributed by atoms with E-state index in [1.165, 1.54) is 5.69 Å². The average molecular weight is 466 g/mol. The summed E-state index contributed by atoms with van der Waals surface area (Å²) in [5, 5.41) is 7.54. The number of halogens is 1. The molecule has 0 saturated carbocycles. The summed E-state index contributed by atoms with van der Waals surface area (Å²) in [6.45, 7) is 8.53. The van der Waals surface area contributed by atoms with Crippen LogP contribution in [0.2, 0.25) is 5.02 Å². The largest absolute Gasteiger partial charge is 0.495 e. The molecule has 4 rings (SSSR count). The third-order valence-corrected chi connectivity index (χ3v) is 6.34. The van der Waals surface area contributed by atoms with E-state index < -0.39 is 0 Å².